The smallest absolute Gasteiger partial charge is 0.0964 e. The molecule has 0 amide bonds. The van der Waals surface area contributed by atoms with Crippen LogP contribution in [0.2, 0.25) is 0 Å². The maximum absolute atomic E-state index is 4.17. The van der Waals surface area contributed by atoms with E-state index in [-0.39, 0.29) is 0 Å². The number of nitrogens with one attached hydrogen (secondary N) is 1. The molecule has 1 aliphatic heterocycles. The number of likely N-dealkylation sites (tertiary alicyclic amines) is 1. The fraction of sp³-hybridized carbons (Fsp3) is 0.857. The van der Waals surface area contributed by atoms with Gasteiger partial charge in [-0.25, -0.2) is 0 Å². The van der Waals surface area contributed by atoms with Crippen molar-refractivity contribution in [2.45, 2.75) is 38.9 Å². The summed E-state index contributed by atoms with van der Waals surface area (Å²) < 4.78 is 1.95. The van der Waals surface area contributed by atoms with Gasteiger partial charge in [-0.1, -0.05) is 12.1 Å². The molecule has 1 aromatic rings. The van der Waals surface area contributed by atoms with Crippen LogP contribution in [0.5, 0.6) is 0 Å². The van der Waals surface area contributed by atoms with Crippen LogP contribution in [0.15, 0.2) is 6.20 Å². The Kier molecular flexibility index (Phi) is 5.94. The lowest BCUT2D eigenvalue weighted by Crippen LogP contribution is -2.44. The molecule has 0 radical (unpaired) electrons. The van der Waals surface area contributed by atoms with E-state index in [0.717, 1.165) is 31.4 Å². The van der Waals surface area contributed by atoms with Gasteiger partial charge < -0.3 is 15.1 Å². The minimum atomic E-state index is 0.720. The zero-order chi connectivity index (χ0) is 14.4. The highest BCUT2D eigenvalue weighted by atomic mass is 15.4. The molecule has 0 unspecified atom stereocenters. The van der Waals surface area contributed by atoms with Crippen molar-refractivity contribution >= 4 is 0 Å². The summed E-state index contributed by atoms with van der Waals surface area (Å²) in [6, 6.07) is 0.720. The highest BCUT2D eigenvalue weighted by Gasteiger charge is 2.21. The SMILES string of the molecule is CCN1CCC(N(C)CCn2cc(CNC)nn2)CC1. The number of piperidine rings is 1. The Labute approximate surface area is 122 Å². The second-order valence-electron chi connectivity index (χ2n) is 5.65. The molecule has 2 rings (SSSR count). The van der Waals surface area contributed by atoms with E-state index in [2.05, 4.69) is 39.4 Å². The number of aromatic nitrogens is 3. The van der Waals surface area contributed by atoms with Gasteiger partial charge in [-0.3, -0.25) is 4.68 Å². The second kappa shape index (κ2) is 7.71. The molecule has 6 nitrogen and oxygen atoms in total. The van der Waals surface area contributed by atoms with Crippen molar-refractivity contribution in [2.75, 3.05) is 40.3 Å². The van der Waals surface area contributed by atoms with Crippen molar-refractivity contribution in [1.29, 1.82) is 0 Å². The maximum atomic E-state index is 4.17. The quantitative estimate of drug-likeness (QED) is 0.784. The maximum Gasteiger partial charge on any atom is 0.0964 e. The molecule has 2 heterocycles. The Hall–Kier alpha value is -0.980. The Balaban J connectivity index is 1.72. The molecule has 0 bridgehead atoms. The number of nitrogens with zero attached hydrogens (tertiary/aromatic N) is 5. The number of hydrogen-bond acceptors (Lipinski definition) is 5. The van der Waals surface area contributed by atoms with Gasteiger partial charge in [-0.15, -0.1) is 5.10 Å². The third kappa shape index (κ3) is 4.26. The number of rotatable bonds is 7. The van der Waals surface area contributed by atoms with E-state index < -0.39 is 0 Å². The van der Waals surface area contributed by atoms with E-state index in [0.29, 0.717) is 0 Å². The molecule has 1 aromatic heterocycles. The van der Waals surface area contributed by atoms with Crippen LogP contribution >= 0.6 is 0 Å². The molecule has 20 heavy (non-hydrogen) atoms. The van der Waals surface area contributed by atoms with E-state index in [1.165, 1.54) is 32.5 Å². The highest BCUT2D eigenvalue weighted by Crippen LogP contribution is 2.14. The minimum absolute atomic E-state index is 0.720. The molecule has 1 aliphatic rings. The van der Waals surface area contributed by atoms with Crippen molar-refractivity contribution < 1.29 is 0 Å². The van der Waals surface area contributed by atoms with E-state index in [4.69, 9.17) is 0 Å². The van der Waals surface area contributed by atoms with E-state index in [1.54, 1.807) is 0 Å². The molecule has 0 spiro atoms. The Morgan fingerprint density at radius 2 is 2.15 bits per heavy atom. The fourth-order valence-corrected chi connectivity index (χ4v) is 2.83. The van der Waals surface area contributed by atoms with Gasteiger partial charge in [0.1, 0.15) is 0 Å². The van der Waals surface area contributed by atoms with Crippen LogP contribution in [0.25, 0.3) is 0 Å². The molecule has 1 fully saturated rings. The summed E-state index contributed by atoms with van der Waals surface area (Å²) in [7, 11) is 4.16. The zero-order valence-electron chi connectivity index (χ0n) is 13.0. The van der Waals surface area contributed by atoms with Gasteiger partial charge in [0.25, 0.3) is 0 Å². The lowest BCUT2D eigenvalue weighted by Gasteiger charge is -2.36. The van der Waals surface area contributed by atoms with Gasteiger partial charge in [0.2, 0.25) is 0 Å². The Morgan fingerprint density at radius 3 is 2.80 bits per heavy atom. The molecule has 0 atom stereocenters. The molecule has 0 aliphatic carbocycles. The van der Waals surface area contributed by atoms with Crippen LogP contribution in [-0.2, 0) is 13.1 Å². The van der Waals surface area contributed by atoms with Crippen LogP contribution in [0, 0.1) is 0 Å². The summed E-state index contributed by atoms with van der Waals surface area (Å²) >= 11 is 0. The van der Waals surface area contributed by atoms with Gasteiger partial charge in [0.15, 0.2) is 0 Å². The Morgan fingerprint density at radius 1 is 1.40 bits per heavy atom. The van der Waals surface area contributed by atoms with Crippen molar-refractivity contribution in [3.63, 3.8) is 0 Å². The van der Waals surface area contributed by atoms with Crippen LogP contribution in [0.3, 0.4) is 0 Å². The molecule has 1 saturated heterocycles. The lowest BCUT2D eigenvalue weighted by molar-refractivity contribution is 0.128. The molecular weight excluding hydrogens is 252 g/mol. The minimum Gasteiger partial charge on any atom is -0.314 e. The second-order valence-corrected chi connectivity index (χ2v) is 5.65. The largest absolute Gasteiger partial charge is 0.314 e. The average Bonchev–Trinajstić information content (AvgIpc) is 2.93. The summed E-state index contributed by atoms with van der Waals surface area (Å²) in [5.74, 6) is 0. The molecule has 1 N–H and O–H groups in total. The molecular formula is C14H28N6. The first-order valence-electron chi connectivity index (χ1n) is 7.69. The van der Waals surface area contributed by atoms with Gasteiger partial charge in [0, 0.05) is 25.3 Å². The van der Waals surface area contributed by atoms with E-state index >= 15 is 0 Å². The summed E-state index contributed by atoms with van der Waals surface area (Å²) in [5.41, 5.74) is 1.01. The first-order chi connectivity index (χ1) is 9.72. The summed E-state index contributed by atoms with van der Waals surface area (Å²) in [5, 5.41) is 11.4. The van der Waals surface area contributed by atoms with E-state index in [9.17, 15) is 0 Å². The first-order valence-corrected chi connectivity index (χ1v) is 7.69. The van der Waals surface area contributed by atoms with Gasteiger partial charge >= 0.3 is 0 Å². The molecule has 0 saturated carbocycles. The normalized spacial score (nSPS) is 18.0. The molecule has 114 valence electrons. The third-order valence-electron chi connectivity index (χ3n) is 4.25. The van der Waals surface area contributed by atoms with Crippen LogP contribution in [0.1, 0.15) is 25.5 Å². The average molecular weight is 280 g/mol. The summed E-state index contributed by atoms with van der Waals surface area (Å²) in [6.45, 7) is 8.65. The highest BCUT2D eigenvalue weighted by molar-refractivity contribution is 4.91. The van der Waals surface area contributed by atoms with Crippen molar-refractivity contribution in [1.82, 2.24) is 30.1 Å². The Bertz CT molecular complexity index is 383. The number of hydrogen-bond donors (Lipinski definition) is 1. The van der Waals surface area contributed by atoms with Crippen LogP contribution in [-0.4, -0.2) is 71.1 Å². The summed E-state index contributed by atoms with van der Waals surface area (Å²) in [4.78, 5) is 5.01. The topological polar surface area (TPSA) is 49.2 Å². The zero-order valence-corrected chi connectivity index (χ0v) is 13.0. The first kappa shape index (κ1) is 15.4. The van der Waals surface area contributed by atoms with Crippen molar-refractivity contribution in [3.05, 3.63) is 11.9 Å². The standard InChI is InChI=1S/C14H28N6/c1-4-19-7-5-14(6-8-19)18(3)9-10-20-12-13(11-15-2)16-17-20/h12,14-15H,4-11H2,1-3H3. The predicted molar refractivity (Wildman–Crippen MR) is 80.6 cm³/mol. The van der Waals surface area contributed by atoms with Gasteiger partial charge in [-0.2, -0.15) is 0 Å². The monoisotopic (exact) mass is 280 g/mol. The fourth-order valence-electron chi connectivity index (χ4n) is 2.83. The van der Waals surface area contributed by atoms with E-state index in [1.807, 2.05) is 17.9 Å². The number of likely N-dealkylation sites (N-methyl/N-ethyl adjacent to an activating group) is 1. The molecule has 6 heteroatoms. The van der Waals surface area contributed by atoms with Crippen LogP contribution in [0.4, 0.5) is 0 Å². The summed E-state index contributed by atoms with van der Waals surface area (Å²) in [6.07, 6.45) is 4.60. The predicted octanol–water partition coefficient (Wildman–Crippen LogP) is 0.414. The van der Waals surface area contributed by atoms with Gasteiger partial charge in [-0.05, 0) is 46.6 Å². The van der Waals surface area contributed by atoms with Gasteiger partial charge in [0.05, 0.1) is 12.2 Å². The van der Waals surface area contributed by atoms with Crippen LogP contribution < -0.4 is 5.32 Å². The lowest BCUT2D eigenvalue weighted by atomic mass is 10.0. The van der Waals surface area contributed by atoms with Crippen molar-refractivity contribution in [2.24, 2.45) is 0 Å². The third-order valence-corrected chi connectivity index (χ3v) is 4.25. The molecule has 0 aromatic carbocycles. The van der Waals surface area contributed by atoms with Crippen molar-refractivity contribution in [3.8, 4) is 0 Å².